The van der Waals surface area contributed by atoms with Gasteiger partial charge in [-0.15, -0.1) is 0 Å². The third-order valence-electron chi connectivity index (χ3n) is 5.81. The lowest BCUT2D eigenvalue weighted by Crippen LogP contribution is -2.27. The molecule has 0 aliphatic carbocycles. The molecule has 0 bridgehead atoms. The van der Waals surface area contributed by atoms with Gasteiger partial charge in [0, 0.05) is 36.4 Å². The van der Waals surface area contributed by atoms with Gasteiger partial charge in [0.05, 0.1) is 29.7 Å². The molecule has 0 saturated carbocycles. The smallest absolute Gasteiger partial charge is 0.255 e. The van der Waals surface area contributed by atoms with Crippen LogP contribution in [-0.4, -0.2) is 42.6 Å². The number of carbonyl (C=O) groups is 1. The average Bonchev–Trinajstić information content (AvgIpc) is 3.17. The van der Waals surface area contributed by atoms with Crippen molar-refractivity contribution in [2.45, 2.75) is 13.1 Å². The standard InChI is InChI=1S/C26H21FN4O3/c1-30(14-18-5-2-3-11-28-18)25(33)21-19-6-4-12-29-23(19)24(32)22-20(21)15-31(26(22)34)13-16-7-9-17(27)10-8-16/h2-12,15,32,34H,13-14H2,1H3. The normalized spacial score (nSPS) is 11.2. The van der Waals surface area contributed by atoms with Crippen molar-refractivity contribution in [3.05, 3.63) is 95.8 Å². The number of nitrogens with zero attached hydrogens (tertiary/aromatic N) is 4. The highest BCUT2D eigenvalue weighted by molar-refractivity contribution is 6.21. The number of hydrogen-bond donors (Lipinski definition) is 2. The number of pyridine rings is 2. The van der Waals surface area contributed by atoms with E-state index in [2.05, 4.69) is 9.97 Å². The molecule has 170 valence electrons. The van der Waals surface area contributed by atoms with Crippen molar-refractivity contribution in [2.24, 2.45) is 0 Å². The number of amides is 1. The van der Waals surface area contributed by atoms with Gasteiger partial charge in [0.25, 0.3) is 5.91 Å². The molecule has 34 heavy (non-hydrogen) atoms. The zero-order chi connectivity index (χ0) is 23.8. The predicted molar refractivity (Wildman–Crippen MR) is 126 cm³/mol. The van der Waals surface area contributed by atoms with Gasteiger partial charge in [-0.1, -0.05) is 24.3 Å². The minimum absolute atomic E-state index is 0.142. The summed E-state index contributed by atoms with van der Waals surface area (Å²) in [5.41, 5.74) is 2.02. The van der Waals surface area contributed by atoms with Crippen molar-refractivity contribution in [3.8, 4) is 11.6 Å². The van der Waals surface area contributed by atoms with Crippen LogP contribution in [-0.2, 0) is 13.1 Å². The molecule has 0 radical (unpaired) electrons. The third kappa shape index (κ3) is 3.69. The summed E-state index contributed by atoms with van der Waals surface area (Å²) in [4.78, 5) is 23.8. The van der Waals surface area contributed by atoms with Crippen molar-refractivity contribution in [1.29, 1.82) is 0 Å². The minimum atomic E-state index is -0.357. The number of halogens is 1. The zero-order valence-electron chi connectivity index (χ0n) is 18.3. The highest BCUT2D eigenvalue weighted by Gasteiger charge is 2.26. The Morgan fingerprint density at radius 3 is 2.50 bits per heavy atom. The molecule has 5 aromatic rings. The Balaban J connectivity index is 1.66. The van der Waals surface area contributed by atoms with Gasteiger partial charge in [-0.05, 0) is 35.9 Å². The fourth-order valence-electron chi connectivity index (χ4n) is 4.16. The first-order chi connectivity index (χ1) is 16.4. The van der Waals surface area contributed by atoms with E-state index in [1.54, 1.807) is 49.8 Å². The van der Waals surface area contributed by atoms with Crippen LogP contribution in [0.4, 0.5) is 4.39 Å². The second kappa shape index (κ2) is 8.47. The van der Waals surface area contributed by atoms with Crippen molar-refractivity contribution >= 4 is 27.6 Å². The molecule has 0 aliphatic heterocycles. The molecule has 0 saturated heterocycles. The van der Waals surface area contributed by atoms with Crippen LogP contribution in [0, 0.1) is 5.82 Å². The topological polar surface area (TPSA) is 91.5 Å². The molecular formula is C26H21FN4O3. The van der Waals surface area contributed by atoms with Crippen molar-refractivity contribution < 1.29 is 19.4 Å². The summed E-state index contributed by atoms with van der Waals surface area (Å²) in [5.74, 6) is -1.06. The quantitative estimate of drug-likeness (QED) is 0.408. The van der Waals surface area contributed by atoms with Crippen LogP contribution in [0.15, 0.2) is 73.2 Å². The van der Waals surface area contributed by atoms with E-state index < -0.39 is 0 Å². The summed E-state index contributed by atoms with van der Waals surface area (Å²) in [6.45, 7) is 0.507. The molecule has 5 rings (SSSR count). The number of hydrogen-bond acceptors (Lipinski definition) is 5. The van der Waals surface area contributed by atoms with Gasteiger partial charge in [-0.25, -0.2) is 4.39 Å². The van der Waals surface area contributed by atoms with E-state index in [1.165, 1.54) is 27.8 Å². The third-order valence-corrected chi connectivity index (χ3v) is 5.81. The fourth-order valence-corrected chi connectivity index (χ4v) is 4.16. The molecule has 3 heterocycles. The number of rotatable bonds is 5. The van der Waals surface area contributed by atoms with E-state index in [-0.39, 0.29) is 47.3 Å². The van der Waals surface area contributed by atoms with Crippen molar-refractivity contribution in [1.82, 2.24) is 19.4 Å². The van der Waals surface area contributed by atoms with Crippen LogP contribution in [0.2, 0.25) is 0 Å². The molecule has 0 spiro atoms. The molecular weight excluding hydrogens is 435 g/mol. The Kier molecular flexibility index (Phi) is 5.33. The van der Waals surface area contributed by atoms with Gasteiger partial charge in [0.1, 0.15) is 11.3 Å². The molecule has 7 nitrogen and oxygen atoms in total. The highest BCUT2D eigenvalue weighted by Crippen LogP contribution is 2.42. The molecule has 2 N–H and O–H groups in total. The van der Waals surface area contributed by atoms with Crippen molar-refractivity contribution in [2.75, 3.05) is 7.05 Å². The summed E-state index contributed by atoms with van der Waals surface area (Å²) in [5, 5.41) is 23.0. The molecule has 3 aromatic heterocycles. The predicted octanol–water partition coefficient (Wildman–Crippen LogP) is 4.46. The summed E-state index contributed by atoms with van der Waals surface area (Å²) < 4.78 is 14.8. The summed E-state index contributed by atoms with van der Waals surface area (Å²) in [6.07, 6.45) is 4.81. The van der Waals surface area contributed by atoms with Gasteiger partial charge < -0.3 is 19.7 Å². The lowest BCUT2D eigenvalue weighted by Gasteiger charge is -2.19. The molecule has 0 unspecified atom stereocenters. The van der Waals surface area contributed by atoms with E-state index in [0.717, 1.165) is 11.3 Å². The molecule has 0 atom stereocenters. The fraction of sp³-hybridized carbons (Fsp3) is 0.115. The number of phenolic OH excluding ortho intramolecular Hbond substituents is 1. The number of carbonyl (C=O) groups excluding carboxylic acids is 1. The van der Waals surface area contributed by atoms with E-state index in [9.17, 15) is 19.4 Å². The first-order valence-electron chi connectivity index (χ1n) is 10.7. The molecule has 0 fully saturated rings. The first kappa shape index (κ1) is 21.4. The van der Waals surface area contributed by atoms with Gasteiger partial charge in [0.2, 0.25) is 5.88 Å². The van der Waals surface area contributed by atoms with E-state index in [4.69, 9.17) is 0 Å². The molecule has 2 aromatic carbocycles. The summed E-state index contributed by atoms with van der Waals surface area (Å²) in [6, 6.07) is 14.8. The summed E-state index contributed by atoms with van der Waals surface area (Å²) >= 11 is 0. The Morgan fingerprint density at radius 1 is 1.00 bits per heavy atom. The van der Waals surface area contributed by atoms with Crippen LogP contribution in [0.5, 0.6) is 11.6 Å². The van der Waals surface area contributed by atoms with Crippen LogP contribution < -0.4 is 0 Å². The number of aromatic nitrogens is 3. The maximum Gasteiger partial charge on any atom is 0.255 e. The number of aromatic hydroxyl groups is 2. The van der Waals surface area contributed by atoms with E-state index in [0.29, 0.717) is 16.3 Å². The first-order valence-corrected chi connectivity index (χ1v) is 10.7. The Labute approximate surface area is 194 Å². The van der Waals surface area contributed by atoms with Crippen molar-refractivity contribution in [3.63, 3.8) is 0 Å². The van der Waals surface area contributed by atoms with Gasteiger partial charge in [-0.2, -0.15) is 0 Å². The minimum Gasteiger partial charge on any atom is -0.505 e. The second-order valence-electron chi connectivity index (χ2n) is 8.10. The SMILES string of the molecule is CN(Cc1ccccn1)C(=O)c1c2cccnc2c(O)c2c(O)n(Cc3ccc(F)cc3)cc12. The van der Waals surface area contributed by atoms with Gasteiger partial charge in [-0.3, -0.25) is 14.8 Å². The summed E-state index contributed by atoms with van der Waals surface area (Å²) in [7, 11) is 1.67. The highest BCUT2D eigenvalue weighted by atomic mass is 19.1. The largest absolute Gasteiger partial charge is 0.505 e. The molecule has 1 amide bonds. The zero-order valence-corrected chi connectivity index (χ0v) is 18.3. The molecule has 0 aliphatic rings. The number of fused-ring (bicyclic) bond motifs is 2. The van der Waals surface area contributed by atoms with Gasteiger partial charge >= 0.3 is 0 Å². The van der Waals surface area contributed by atoms with Crippen LogP contribution in [0.25, 0.3) is 21.7 Å². The number of phenols is 1. The van der Waals surface area contributed by atoms with E-state index in [1.807, 2.05) is 12.1 Å². The molecule has 8 heteroatoms. The Bertz CT molecular complexity index is 1510. The lowest BCUT2D eigenvalue weighted by molar-refractivity contribution is 0.0787. The Hall–Kier alpha value is -4.46. The maximum absolute atomic E-state index is 13.7. The van der Waals surface area contributed by atoms with Crippen LogP contribution in [0.3, 0.4) is 0 Å². The maximum atomic E-state index is 13.7. The second-order valence-corrected chi connectivity index (χ2v) is 8.10. The average molecular weight is 456 g/mol. The van der Waals surface area contributed by atoms with Gasteiger partial charge in [0.15, 0.2) is 5.75 Å². The number of benzene rings is 2. The van der Waals surface area contributed by atoms with Crippen LogP contribution >= 0.6 is 0 Å². The van der Waals surface area contributed by atoms with E-state index >= 15 is 0 Å². The monoisotopic (exact) mass is 456 g/mol. The van der Waals surface area contributed by atoms with Crippen LogP contribution in [0.1, 0.15) is 21.6 Å². The Morgan fingerprint density at radius 2 is 1.76 bits per heavy atom. The lowest BCUT2D eigenvalue weighted by atomic mass is 10.00.